The summed E-state index contributed by atoms with van der Waals surface area (Å²) in [6.45, 7) is 8.47. The van der Waals surface area contributed by atoms with Crippen molar-refractivity contribution in [3.63, 3.8) is 0 Å². The first-order valence-corrected chi connectivity index (χ1v) is 10.4. The third-order valence-electron chi connectivity index (χ3n) is 5.79. The van der Waals surface area contributed by atoms with E-state index in [4.69, 9.17) is 4.98 Å². The first-order valence-electron chi connectivity index (χ1n) is 10.4. The maximum Gasteiger partial charge on any atom is 0.227 e. The summed E-state index contributed by atoms with van der Waals surface area (Å²) in [6, 6.07) is 8.89. The van der Waals surface area contributed by atoms with Gasteiger partial charge in [0.2, 0.25) is 5.91 Å². The molecule has 0 aliphatic carbocycles. The minimum absolute atomic E-state index is 0.125. The van der Waals surface area contributed by atoms with Gasteiger partial charge in [-0.1, -0.05) is 19.1 Å². The number of carbonyl (C=O) groups is 1. The number of amides is 1. The second kappa shape index (κ2) is 9.25. The van der Waals surface area contributed by atoms with Crippen LogP contribution in [0.15, 0.2) is 30.3 Å². The molecule has 0 bridgehead atoms. The zero-order valence-corrected chi connectivity index (χ0v) is 17.8. The van der Waals surface area contributed by atoms with E-state index in [1.165, 1.54) is 6.07 Å². The molecule has 1 amide bonds. The number of halogens is 1. The second-order valence-corrected chi connectivity index (χ2v) is 8.03. The fourth-order valence-electron chi connectivity index (χ4n) is 3.69. The summed E-state index contributed by atoms with van der Waals surface area (Å²) >= 11 is 0. The third kappa shape index (κ3) is 5.05. The van der Waals surface area contributed by atoms with E-state index >= 15 is 0 Å². The van der Waals surface area contributed by atoms with Crippen LogP contribution in [-0.2, 0) is 11.3 Å². The van der Waals surface area contributed by atoms with Gasteiger partial charge in [0.15, 0.2) is 0 Å². The molecule has 2 heterocycles. The Morgan fingerprint density at radius 1 is 1.28 bits per heavy atom. The Bertz CT molecular complexity index is 862. The van der Waals surface area contributed by atoms with E-state index in [9.17, 15) is 9.18 Å². The molecule has 2 N–H and O–H groups in total. The van der Waals surface area contributed by atoms with E-state index in [0.29, 0.717) is 17.8 Å². The minimum atomic E-state index is -0.437. The summed E-state index contributed by atoms with van der Waals surface area (Å²) in [5.41, 5.74) is 3.07. The van der Waals surface area contributed by atoms with Crippen molar-refractivity contribution in [2.75, 3.05) is 30.4 Å². The van der Waals surface area contributed by atoms with Gasteiger partial charge in [-0.2, -0.15) is 0 Å². The van der Waals surface area contributed by atoms with Crippen molar-refractivity contribution in [2.24, 2.45) is 5.92 Å². The molecule has 6 heteroatoms. The molecular formula is C23H31FN4O. The molecule has 5 nitrogen and oxygen atoms in total. The summed E-state index contributed by atoms with van der Waals surface area (Å²) < 4.78 is 14.0. The van der Waals surface area contributed by atoms with Crippen LogP contribution in [0.4, 0.5) is 15.9 Å². The summed E-state index contributed by atoms with van der Waals surface area (Å²) in [4.78, 5) is 19.8. The normalized spacial score (nSPS) is 15.8. The predicted octanol–water partition coefficient (Wildman–Crippen LogP) is 4.23. The Balaban J connectivity index is 1.69. The lowest BCUT2D eigenvalue weighted by Gasteiger charge is -2.32. The molecule has 1 aromatic heterocycles. The van der Waals surface area contributed by atoms with Crippen molar-refractivity contribution >= 4 is 17.4 Å². The lowest BCUT2D eigenvalue weighted by Crippen LogP contribution is -2.35. The molecule has 0 spiro atoms. The van der Waals surface area contributed by atoms with E-state index in [1.54, 1.807) is 26.1 Å². The van der Waals surface area contributed by atoms with Gasteiger partial charge in [0.05, 0.1) is 11.6 Å². The average molecular weight is 399 g/mol. The summed E-state index contributed by atoms with van der Waals surface area (Å²) in [5, 5.41) is 5.80. The molecule has 156 valence electrons. The van der Waals surface area contributed by atoms with Crippen LogP contribution in [0, 0.1) is 18.7 Å². The highest BCUT2D eigenvalue weighted by Gasteiger charge is 2.21. The SMILES string of the molecule is CNc1ccc(C(C)C(=O)NCc2ccc(C)nc2N2CCC(C)CC2)cc1F. The van der Waals surface area contributed by atoms with Crippen molar-refractivity contribution < 1.29 is 9.18 Å². The second-order valence-electron chi connectivity index (χ2n) is 8.03. The standard InChI is InChI=1S/C23H31FN4O/c1-15-9-11-28(12-10-15)22-19(6-5-16(2)27-22)14-26-23(29)17(3)18-7-8-21(25-4)20(24)13-18/h5-8,13,15,17,25H,9-12,14H2,1-4H3,(H,26,29). The molecule has 1 aromatic carbocycles. The first kappa shape index (κ1) is 21.1. The monoisotopic (exact) mass is 398 g/mol. The maximum absolute atomic E-state index is 14.0. The Kier molecular flexibility index (Phi) is 6.72. The Morgan fingerprint density at radius 3 is 2.66 bits per heavy atom. The third-order valence-corrected chi connectivity index (χ3v) is 5.79. The van der Waals surface area contributed by atoms with E-state index in [1.807, 2.05) is 19.1 Å². The molecule has 1 fully saturated rings. The van der Waals surface area contributed by atoms with Crippen LogP contribution in [-0.4, -0.2) is 31.0 Å². The number of hydrogen-bond donors (Lipinski definition) is 2. The van der Waals surface area contributed by atoms with Gasteiger partial charge >= 0.3 is 0 Å². The Labute approximate surface area is 172 Å². The fraction of sp³-hybridized carbons (Fsp3) is 0.478. The van der Waals surface area contributed by atoms with Gasteiger partial charge < -0.3 is 15.5 Å². The largest absolute Gasteiger partial charge is 0.386 e. The molecule has 29 heavy (non-hydrogen) atoms. The van der Waals surface area contributed by atoms with Crippen LogP contribution < -0.4 is 15.5 Å². The molecule has 0 saturated carbocycles. The first-order chi connectivity index (χ1) is 13.9. The van der Waals surface area contributed by atoms with Gasteiger partial charge in [0.1, 0.15) is 11.6 Å². The molecular weight excluding hydrogens is 367 g/mol. The highest BCUT2D eigenvalue weighted by atomic mass is 19.1. The topological polar surface area (TPSA) is 57.3 Å². The zero-order valence-electron chi connectivity index (χ0n) is 17.8. The van der Waals surface area contributed by atoms with Gasteiger partial charge in [-0.05, 0) is 56.4 Å². The number of piperidine rings is 1. The zero-order chi connectivity index (χ0) is 21.0. The van der Waals surface area contributed by atoms with Crippen LogP contribution in [0.2, 0.25) is 0 Å². The quantitative estimate of drug-likeness (QED) is 0.765. The number of anilines is 2. The number of aryl methyl sites for hydroxylation is 1. The molecule has 2 aromatic rings. The molecule has 1 aliphatic rings. The molecule has 0 radical (unpaired) electrons. The Hall–Kier alpha value is -2.63. The van der Waals surface area contributed by atoms with Crippen LogP contribution >= 0.6 is 0 Å². The predicted molar refractivity (Wildman–Crippen MR) is 116 cm³/mol. The summed E-state index contributed by atoms with van der Waals surface area (Å²) in [7, 11) is 1.67. The van der Waals surface area contributed by atoms with Gasteiger partial charge in [0.25, 0.3) is 0 Å². The number of rotatable bonds is 6. The van der Waals surface area contributed by atoms with E-state index in [2.05, 4.69) is 22.5 Å². The van der Waals surface area contributed by atoms with Gasteiger partial charge in [-0.3, -0.25) is 4.79 Å². The lowest BCUT2D eigenvalue weighted by atomic mass is 9.98. The smallest absolute Gasteiger partial charge is 0.227 e. The number of nitrogens with one attached hydrogen (secondary N) is 2. The van der Waals surface area contributed by atoms with E-state index in [-0.39, 0.29) is 11.7 Å². The van der Waals surface area contributed by atoms with Crippen LogP contribution in [0.3, 0.4) is 0 Å². The molecule has 1 saturated heterocycles. The van der Waals surface area contributed by atoms with Crippen molar-refractivity contribution in [1.82, 2.24) is 10.3 Å². The molecule has 1 unspecified atom stereocenters. The number of nitrogens with zero attached hydrogens (tertiary/aromatic N) is 2. The Morgan fingerprint density at radius 2 is 2.00 bits per heavy atom. The molecule has 3 rings (SSSR count). The van der Waals surface area contributed by atoms with Gasteiger partial charge in [-0.25, -0.2) is 9.37 Å². The lowest BCUT2D eigenvalue weighted by molar-refractivity contribution is -0.122. The van der Waals surface area contributed by atoms with Crippen LogP contribution in [0.5, 0.6) is 0 Å². The average Bonchev–Trinajstić information content (AvgIpc) is 2.72. The highest BCUT2D eigenvalue weighted by Crippen LogP contribution is 2.26. The number of carbonyl (C=O) groups excluding carboxylic acids is 1. The number of aromatic nitrogens is 1. The van der Waals surface area contributed by atoms with Gasteiger partial charge in [-0.15, -0.1) is 0 Å². The minimum Gasteiger partial charge on any atom is -0.386 e. The summed E-state index contributed by atoms with van der Waals surface area (Å²) in [6.07, 6.45) is 2.32. The van der Waals surface area contributed by atoms with Crippen molar-refractivity contribution in [3.05, 3.63) is 53.0 Å². The van der Waals surface area contributed by atoms with Crippen molar-refractivity contribution in [3.8, 4) is 0 Å². The number of pyridine rings is 1. The van der Waals surface area contributed by atoms with Crippen LogP contribution in [0.1, 0.15) is 49.4 Å². The maximum atomic E-state index is 14.0. The van der Waals surface area contributed by atoms with Crippen LogP contribution in [0.25, 0.3) is 0 Å². The van der Waals surface area contributed by atoms with E-state index < -0.39 is 5.92 Å². The highest BCUT2D eigenvalue weighted by molar-refractivity contribution is 5.83. The number of benzene rings is 1. The van der Waals surface area contributed by atoms with Gasteiger partial charge in [0, 0.05) is 37.9 Å². The molecule has 1 atom stereocenters. The van der Waals surface area contributed by atoms with Crippen molar-refractivity contribution in [1.29, 1.82) is 0 Å². The molecule has 1 aliphatic heterocycles. The van der Waals surface area contributed by atoms with Crippen molar-refractivity contribution in [2.45, 2.75) is 46.1 Å². The number of hydrogen-bond acceptors (Lipinski definition) is 4. The summed E-state index contributed by atoms with van der Waals surface area (Å²) in [5.74, 6) is 0.798. The fourth-order valence-corrected chi connectivity index (χ4v) is 3.69. The van der Waals surface area contributed by atoms with E-state index in [0.717, 1.165) is 48.9 Å².